The summed E-state index contributed by atoms with van der Waals surface area (Å²) in [5, 5.41) is 10.4. The third kappa shape index (κ3) is 3.55. The maximum absolute atomic E-state index is 13.0. The van der Waals surface area contributed by atoms with Gasteiger partial charge < -0.3 is 10.0 Å². The van der Waals surface area contributed by atoms with Gasteiger partial charge in [-0.1, -0.05) is 45.0 Å². The van der Waals surface area contributed by atoms with Crippen LogP contribution in [0.5, 0.6) is 5.75 Å². The molecule has 0 heterocycles. The molecule has 0 aliphatic rings. The molecule has 0 aliphatic carbocycles. The van der Waals surface area contributed by atoms with Crippen LogP contribution < -0.4 is 4.90 Å². The zero-order chi connectivity index (χ0) is 17.2. The molecule has 2 aromatic rings. The van der Waals surface area contributed by atoms with E-state index in [1.54, 1.807) is 4.90 Å². The van der Waals surface area contributed by atoms with Gasteiger partial charge in [0.25, 0.3) is 5.91 Å². The van der Waals surface area contributed by atoms with E-state index < -0.39 is 0 Å². The van der Waals surface area contributed by atoms with Crippen molar-refractivity contribution in [2.75, 3.05) is 11.4 Å². The smallest absolute Gasteiger partial charge is 0.262 e. The molecule has 2 aromatic carbocycles. The fraction of sp³-hybridized carbons (Fsp3) is 0.350. The highest BCUT2D eigenvalue weighted by Gasteiger charge is 2.24. The Balaban J connectivity index is 2.52. The lowest BCUT2D eigenvalue weighted by atomic mass is 9.84. The van der Waals surface area contributed by atoms with E-state index in [9.17, 15) is 9.90 Å². The molecule has 3 nitrogen and oxygen atoms in total. The zero-order valence-corrected chi connectivity index (χ0v) is 14.6. The highest BCUT2D eigenvalue weighted by atomic mass is 16.3. The molecule has 0 spiro atoms. The van der Waals surface area contributed by atoms with Crippen molar-refractivity contribution in [3.8, 4) is 5.75 Å². The van der Waals surface area contributed by atoms with E-state index in [1.165, 1.54) is 0 Å². The molecule has 23 heavy (non-hydrogen) atoms. The SMILES string of the molecule is CCN(C(=O)c1cc(C(C)(C)C)cc(C)c1O)c1ccccc1. The molecule has 0 atom stereocenters. The molecule has 0 radical (unpaired) electrons. The Hall–Kier alpha value is -2.29. The molecule has 1 amide bonds. The first-order chi connectivity index (χ1) is 10.8. The van der Waals surface area contributed by atoms with E-state index in [0.717, 1.165) is 16.8 Å². The van der Waals surface area contributed by atoms with Gasteiger partial charge in [-0.05, 0) is 48.6 Å². The number of carbonyl (C=O) groups excluding carboxylic acids is 1. The first-order valence-electron chi connectivity index (χ1n) is 7.96. The van der Waals surface area contributed by atoms with Gasteiger partial charge in [-0.3, -0.25) is 4.79 Å². The predicted molar refractivity (Wildman–Crippen MR) is 95.3 cm³/mol. The van der Waals surface area contributed by atoms with Crippen molar-refractivity contribution in [1.82, 2.24) is 0 Å². The van der Waals surface area contributed by atoms with E-state index in [0.29, 0.717) is 12.1 Å². The minimum absolute atomic E-state index is 0.0670. The van der Waals surface area contributed by atoms with E-state index >= 15 is 0 Å². The van der Waals surface area contributed by atoms with Crippen LogP contribution in [0, 0.1) is 6.92 Å². The Morgan fingerprint density at radius 2 is 1.74 bits per heavy atom. The maximum atomic E-state index is 13.0. The Morgan fingerprint density at radius 1 is 1.13 bits per heavy atom. The molecule has 0 saturated carbocycles. The number of anilines is 1. The van der Waals surface area contributed by atoms with Crippen molar-refractivity contribution < 1.29 is 9.90 Å². The minimum Gasteiger partial charge on any atom is -0.507 e. The summed E-state index contributed by atoms with van der Waals surface area (Å²) in [6, 6.07) is 13.3. The molecular formula is C20H25NO2. The maximum Gasteiger partial charge on any atom is 0.262 e. The van der Waals surface area contributed by atoms with Crippen LogP contribution in [0.2, 0.25) is 0 Å². The Bertz CT molecular complexity index is 700. The highest BCUT2D eigenvalue weighted by Crippen LogP contribution is 2.32. The number of carbonyl (C=O) groups is 1. The van der Waals surface area contributed by atoms with Crippen molar-refractivity contribution in [1.29, 1.82) is 0 Å². The second kappa shape index (κ2) is 6.45. The summed E-state index contributed by atoms with van der Waals surface area (Å²) in [6.45, 7) is 10.6. The molecule has 0 aromatic heterocycles. The van der Waals surface area contributed by atoms with Gasteiger partial charge in [-0.2, -0.15) is 0 Å². The van der Waals surface area contributed by atoms with Gasteiger partial charge in [0, 0.05) is 12.2 Å². The van der Waals surface area contributed by atoms with Crippen molar-refractivity contribution in [3.05, 3.63) is 59.2 Å². The second-order valence-electron chi connectivity index (χ2n) is 6.82. The molecule has 0 saturated heterocycles. The largest absolute Gasteiger partial charge is 0.507 e. The Morgan fingerprint density at radius 3 is 2.26 bits per heavy atom. The van der Waals surface area contributed by atoms with Gasteiger partial charge in [0.15, 0.2) is 0 Å². The van der Waals surface area contributed by atoms with Crippen LogP contribution in [0.25, 0.3) is 0 Å². The number of hydrogen-bond donors (Lipinski definition) is 1. The predicted octanol–water partition coefficient (Wildman–Crippen LogP) is 4.66. The average molecular weight is 311 g/mol. The first-order valence-corrected chi connectivity index (χ1v) is 7.96. The normalized spacial score (nSPS) is 11.3. The number of phenolic OH excluding ortho intramolecular Hbond substituents is 1. The third-order valence-electron chi connectivity index (χ3n) is 4.03. The van der Waals surface area contributed by atoms with Crippen LogP contribution in [-0.4, -0.2) is 17.6 Å². The summed E-state index contributed by atoms with van der Waals surface area (Å²) in [7, 11) is 0. The molecule has 1 N–H and O–H groups in total. The lowest BCUT2D eigenvalue weighted by Gasteiger charge is -2.25. The number of aromatic hydroxyl groups is 1. The summed E-state index contributed by atoms with van der Waals surface area (Å²) in [5.74, 6) is -0.109. The molecule has 0 aliphatic heterocycles. The molecular weight excluding hydrogens is 286 g/mol. The average Bonchev–Trinajstić information content (AvgIpc) is 2.50. The number of amides is 1. The fourth-order valence-electron chi connectivity index (χ4n) is 2.57. The van der Waals surface area contributed by atoms with Crippen LogP contribution in [0.4, 0.5) is 5.69 Å². The minimum atomic E-state index is -0.176. The number of para-hydroxylation sites is 1. The molecule has 0 fully saturated rings. The van der Waals surface area contributed by atoms with Gasteiger partial charge in [0.1, 0.15) is 5.75 Å². The summed E-state index contributed by atoms with van der Waals surface area (Å²) < 4.78 is 0. The summed E-state index contributed by atoms with van der Waals surface area (Å²) in [4.78, 5) is 14.7. The summed E-state index contributed by atoms with van der Waals surface area (Å²) in [6.07, 6.45) is 0. The van der Waals surface area contributed by atoms with Crippen LogP contribution in [-0.2, 0) is 5.41 Å². The van der Waals surface area contributed by atoms with Crippen LogP contribution in [0.15, 0.2) is 42.5 Å². The molecule has 0 bridgehead atoms. The fourth-order valence-corrected chi connectivity index (χ4v) is 2.57. The van der Waals surface area contributed by atoms with E-state index in [-0.39, 0.29) is 17.1 Å². The van der Waals surface area contributed by atoms with Crippen LogP contribution >= 0.6 is 0 Å². The van der Waals surface area contributed by atoms with Crippen molar-refractivity contribution in [2.24, 2.45) is 0 Å². The second-order valence-corrected chi connectivity index (χ2v) is 6.82. The molecule has 122 valence electrons. The van der Waals surface area contributed by atoms with Gasteiger partial charge in [0.2, 0.25) is 0 Å². The Labute approximate surface area is 138 Å². The van der Waals surface area contributed by atoms with Gasteiger partial charge >= 0.3 is 0 Å². The van der Waals surface area contributed by atoms with Gasteiger partial charge in [-0.15, -0.1) is 0 Å². The van der Waals surface area contributed by atoms with E-state index in [2.05, 4.69) is 20.8 Å². The number of hydrogen-bond acceptors (Lipinski definition) is 2. The number of phenols is 1. The first kappa shape index (κ1) is 17.1. The van der Waals surface area contributed by atoms with Gasteiger partial charge in [0.05, 0.1) is 5.56 Å². The summed E-state index contributed by atoms with van der Waals surface area (Å²) >= 11 is 0. The molecule has 0 unspecified atom stereocenters. The van der Waals surface area contributed by atoms with Crippen molar-refractivity contribution in [2.45, 2.75) is 40.0 Å². The lowest BCUT2D eigenvalue weighted by Crippen LogP contribution is -2.31. The molecule has 3 heteroatoms. The lowest BCUT2D eigenvalue weighted by molar-refractivity contribution is 0.0985. The topological polar surface area (TPSA) is 40.5 Å². The number of benzene rings is 2. The highest BCUT2D eigenvalue weighted by molar-refractivity contribution is 6.08. The standard InChI is InChI=1S/C20H25NO2/c1-6-21(16-10-8-7-9-11-16)19(23)17-13-15(20(3,4)5)12-14(2)18(17)22/h7-13,22H,6H2,1-5H3. The monoisotopic (exact) mass is 311 g/mol. The number of rotatable bonds is 3. The Kier molecular flexibility index (Phi) is 4.79. The van der Waals surface area contributed by atoms with Crippen molar-refractivity contribution in [3.63, 3.8) is 0 Å². The molecule has 2 rings (SSSR count). The van der Waals surface area contributed by atoms with Gasteiger partial charge in [-0.25, -0.2) is 0 Å². The summed E-state index contributed by atoms with van der Waals surface area (Å²) in [5.41, 5.74) is 2.88. The number of aryl methyl sites for hydroxylation is 1. The quantitative estimate of drug-likeness (QED) is 0.895. The van der Waals surface area contributed by atoms with E-state index in [1.807, 2.05) is 56.3 Å². The van der Waals surface area contributed by atoms with Crippen LogP contribution in [0.3, 0.4) is 0 Å². The zero-order valence-electron chi connectivity index (χ0n) is 14.6. The third-order valence-corrected chi connectivity index (χ3v) is 4.03. The number of nitrogens with zero attached hydrogens (tertiary/aromatic N) is 1. The van der Waals surface area contributed by atoms with E-state index in [4.69, 9.17) is 0 Å². The van der Waals surface area contributed by atoms with Crippen LogP contribution in [0.1, 0.15) is 49.2 Å². The van der Waals surface area contributed by atoms with Crippen molar-refractivity contribution >= 4 is 11.6 Å².